The zero-order valence-corrected chi connectivity index (χ0v) is 22.8. The second-order valence-electron chi connectivity index (χ2n) is 9.63. The van der Waals surface area contributed by atoms with Crippen LogP contribution in [-0.4, -0.2) is 50.5 Å². The third-order valence-corrected chi connectivity index (χ3v) is 6.93. The Morgan fingerprint density at radius 2 is 1.66 bits per heavy atom. The molecule has 1 N–H and O–H groups in total. The van der Waals surface area contributed by atoms with E-state index in [-0.39, 0.29) is 24.9 Å². The molecule has 1 atom stereocenters. The maximum atomic E-state index is 13.7. The van der Waals surface area contributed by atoms with Gasteiger partial charge in [-0.15, -0.1) is 0 Å². The monoisotopic (exact) mass is 501 g/mol. The molecule has 35 heavy (non-hydrogen) atoms. The van der Waals surface area contributed by atoms with Gasteiger partial charge in [0.15, 0.2) is 0 Å². The molecule has 7 nitrogen and oxygen atoms in total. The number of hydrogen-bond donors (Lipinski definition) is 1. The van der Waals surface area contributed by atoms with E-state index in [1.807, 2.05) is 77.9 Å². The minimum absolute atomic E-state index is 0.207. The Hall–Kier alpha value is -2.87. The van der Waals surface area contributed by atoms with Gasteiger partial charge < -0.3 is 10.2 Å². The summed E-state index contributed by atoms with van der Waals surface area (Å²) < 4.78 is 26.6. The minimum Gasteiger partial charge on any atom is -0.354 e. The van der Waals surface area contributed by atoms with Gasteiger partial charge in [0.2, 0.25) is 21.8 Å². The zero-order chi connectivity index (χ0) is 26.3. The van der Waals surface area contributed by atoms with Crippen molar-refractivity contribution < 1.29 is 18.0 Å². The largest absolute Gasteiger partial charge is 0.354 e. The molecular formula is C27H39N3O4S. The molecule has 0 fully saturated rings. The third kappa shape index (κ3) is 8.09. The highest BCUT2D eigenvalue weighted by Gasteiger charge is 2.32. The fraction of sp³-hybridized carbons (Fsp3) is 0.481. The summed E-state index contributed by atoms with van der Waals surface area (Å²) in [6.45, 7) is 11.9. The first-order valence-electron chi connectivity index (χ1n) is 12.0. The number of benzene rings is 2. The van der Waals surface area contributed by atoms with E-state index < -0.39 is 22.0 Å². The third-order valence-electron chi connectivity index (χ3n) is 5.81. The van der Waals surface area contributed by atoms with Crippen molar-refractivity contribution in [3.05, 3.63) is 64.7 Å². The first-order chi connectivity index (χ1) is 16.3. The molecule has 2 rings (SSSR count). The lowest BCUT2D eigenvalue weighted by atomic mass is 10.1. The van der Waals surface area contributed by atoms with E-state index in [0.29, 0.717) is 18.7 Å². The van der Waals surface area contributed by atoms with E-state index in [1.54, 1.807) is 6.07 Å². The van der Waals surface area contributed by atoms with Crippen molar-refractivity contribution >= 4 is 27.5 Å². The fourth-order valence-corrected chi connectivity index (χ4v) is 4.94. The van der Waals surface area contributed by atoms with Gasteiger partial charge in [0.25, 0.3) is 0 Å². The molecule has 2 aromatic carbocycles. The summed E-state index contributed by atoms with van der Waals surface area (Å²) >= 11 is 0. The minimum atomic E-state index is -3.75. The molecule has 2 amide bonds. The van der Waals surface area contributed by atoms with Crippen molar-refractivity contribution in [1.29, 1.82) is 0 Å². The van der Waals surface area contributed by atoms with Crippen LogP contribution >= 0.6 is 0 Å². The van der Waals surface area contributed by atoms with Gasteiger partial charge in [0, 0.05) is 13.1 Å². The van der Waals surface area contributed by atoms with Crippen LogP contribution in [-0.2, 0) is 26.2 Å². The van der Waals surface area contributed by atoms with Crippen molar-refractivity contribution in [2.75, 3.05) is 23.7 Å². The summed E-state index contributed by atoms with van der Waals surface area (Å²) in [6, 6.07) is 12.5. The number of anilines is 1. The van der Waals surface area contributed by atoms with Gasteiger partial charge in [-0.1, -0.05) is 68.3 Å². The van der Waals surface area contributed by atoms with E-state index in [4.69, 9.17) is 0 Å². The summed E-state index contributed by atoms with van der Waals surface area (Å²) in [4.78, 5) is 28.3. The van der Waals surface area contributed by atoms with E-state index >= 15 is 0 Å². The molecule has 192 valence electrons. The molecule has 0 bridgehead atoms. The van der Waals surface area contributed by atoms with Crippen LogP contribution in [0.1, 0.15) is 49.4 Å². The molecule has 0 saturated carbocycles. The average molecular weight is 502 g/mol. The molecule has 0 spiro atoms. The topological polar surface area (TPSA) is 86.8 Å². The number of nitrogens with one attached hydrogen (secondary N) is 1. The van der Waals surface area contributed by atoms with Crippen LogP contribution in [0, 0.1) is 26.7 Å². The van der Waals surface area contributed by atoms with Gasteiger partial charge in [0.1, 0.15) is 12.6 Å². The first-order valence-corrected chi connectivity index (χ1v) is 13.9. The zero-order valence-electron chi connectivity index (χ0n) is 22.0. The Bertz CT molecular complexity index is 1140. The molecule has 0 aliphatic rings. The highest BCUT2D eigenvalue weighted by molar-refractivity contribution is 7.92. The first kappa shape index (κ1) is 28.4. The number of rotatable bonds is 11. The van der Waals surface area contributed by atoms with Gasteiger partial charge in [-0.3, -0.25) is 13.9 Å². The van der Waals surface area contributed by atoms with Crippen LogP contribution in [0.25, 0.3) is 0 Å². The van der Waals surface area contributed by atoms with Gasteiger partial charge in [-0.2, -0.15) is 0 Å². The summed E-state index contributed by atoms with van der Waals surface area (Å²) in [6.07, 6.45) is 1.50. The molecule has 0 aliphatic heterocycles. The highest BCUT2D eigenvalue weighted by atomic mass is 32.2. The molecule has 0 aromatic heterocycles. The van der Waals surface area contributed by atoms with E-state index in [2.05, 4.69) is 5.32 Å². The normalized spacial score (nSPS) is 12.3. The molecule has 0 unspecified atom stereocenters. The number of nitrogens with zero attached hydrogens (tertiary/aromatic N) is 2. The molecule has 8 heteroatoms. The summed E-state index contributed by atoms with van der Waals surface area (Å²) in [7, 11) is -3.75. The van der Waals surface area contributed by atoms with Crippen LogP contribution in [0.5, 0.6) is 0 Å². The van der Waals surface area contributed by atoms with Crippen LogP contribution in [0.3, 0.4) is 0 Å². The molecule has 0 saturated heterocycles. The second-order valence-corrected chi connectivity index (χ2v) is 11.5. The average Bonchev–Trinajstić information content (AvgIpc) is 2.75. The maximum Gasteiger partial charge on any atom is 0.244 e. The van der Waals surface area contributed by atoms with Gasteiger partial charge in [-0.25, -0.2) is 8.42 Å². The number of amides is 2. The summed E-state index contributed by atoms with van der Waals surface area (Å²) in [5.74, 6) is -0.398. The highest BCUT2D eigenvalue weighted by Crippen LogP contribution is 2.24. The van der Waals surface area contributed by atoms with Gasteiger partial charge in [-0.05, 0) is 50.3 Å². The Labute approximate surface area is 210 Å². The fourth-order valence-electron chi connectivity index (χ4n) is 4.03. The standard InChI is InChI=1S/C27H39N3O4S/c1-8-24(27(32)28-16-19(2)3)29(17-23-11-9-10-20(4)15-23)26(31)18-30(35(7,33)34)25-13-12-21(5)14-22(25)6/h9-15,19,24H,8,16-18H2,1-7H3,(H,28,32)/t24-/m1/s1. The predicted octanol–water partition coefficient (Wildman–Crippen LogP) is 3.96. The summed E-state index contributed by atoms with van der Waals surface area (Å²) in [5, 5.41) is 2.93. The molecular weight excluding hydrogens is 462 g/mol. The number of carbonyl (C=O) groups is 2. The predicted molar refractivity (Wildman–Crippen MR) is 142 cm³/mol. The van der Waals surface area contributed by atoms with Gasteiger partial charge in [0.05, 0.1) is 11.9 Å². The Kier molecular flexibility index (Phi) is 9.89. The van der Waals surface area contributed by atoms with E-state index in [0.717, 1.165) is 32.8 Å². The Morgan fingerprint density at radius 3 is 2.20 bits per heavy atom. The lowest BCUT2D eigenvalue weighted by Gasteiger charge is -2.33. The van der Waals surface area contributed by atoms with Crippen molar-refractivity contribution in [1.82, 2.24) is 10.2 Å². The van der Waals surface area contributed by atoms with Gasteiger partial charge >= 0.3 is 0 Å². The second kappa shape index (κ2) is 12.2. The molecule has 2 aromatic rings. The Balaban J connectivity index is 2.45. The number of sulfonamides is 1. The number of aryl methyl sites for hydroxylation is 3. The smallest absolute Gasteiger partial charge is 0.244 e. The molecule has 0 heterocycles. The van der Waals surface area contributed by atoms with Crippen molar-refractivity contribution in [3.8, 4) is 0 Å². The quantitative estimate of drug-likeness (QED) is 0.505. The van der Waals surface area contributed by atoms with E-state index in [1.165, 1.54) is 4.90 Å². The SMILES string of the molecule is CC[C@H](C(=O)NCC(C)C)N(Cc1cccc(C)c1)C(=O)CN(c1ccc(C)cc1C)S(C)(=O)=O. The van der Waals surface area contributed by atoms with Crippen molar-refractivity contribution in [3.63, 3.8) is 0 Å². The van der Waals surface area contributed by atoms with Crippen molar-refractivity contribution in [2.24, 2.45) is 5.92 Å². The van der Waals surface area contributed by atoms with Crippen LogP contribution in [0.15, 0.2) is 42.5 Å². The van der Waals surface area contributed by atoms with E-state index in [9.17, 15) is 18.0 Å². The van der Waals surface area contributed by atoms with Crippen LogP contribution in [0.2, 0.25) is 0 Å². The lowest BCUT2D eigenvalue weighted by molar-refractivity contribution is -0.140. The van der Waals surface area contributed by atoms with Crippen LogP contribution in [0.4, 0.5) is 5.69 Å². The number of carbonyl (C=O) groups excluding carboxylic acids is 2. The maximum absolute atomic E-state index is 13.7. The van der Waals surface area contributed by atoms with Crippen molar-refractivity contribution in [2.45, 2.75) is 60.5 Å². The Morgan fingerprint density at radius 1 is 1.00 bits per heavy atom. The lowest BCUT2D eigenvalue weighted by Crippen LogP contribution is -2.52. The molecule has 0 radical (unpaired) electrons. The summed E-state index contributed by atoms with van der Waals surface area (Å²) in [5.41, 5.74) is 4.14. The van der Waals surface area contributed by atoms with Crippen LogP contribution < -0.4 is 9.62 Å². The number of hydrogen-bond acceptors (Lipinski definition) is 4. The molecule has 0 aliphatic carbocycles.